The number of β-amino-alcohol motifs (C(OH)–C–C–N with tert-alkyl or cyclic N) is 1. The van der Waals surface area contributed by atoms with Crippen molar-refractivity contribution in [3.8, 4) is 0 Å². The fraction of sp³-hybridized carbons (Fsp3) is 0.333. The minimum atomic E-state index is -4.79. The van der Waals surface area contributed by atoms with Crippen LogP contribution in [0.15, 0.2) is 65.6 Å². The number of benzene rings is 3. The number of halogens is 7. The number of aliphatic hydroxyl groups excluding tert-OH is 2. The molecule has 5 rings (SSSR count). The molecule has 7 nitrogen and oxygen atoms in total. The van der Waals surface area contributed by atoms with E-state index in [1.807, 2.05) is 9.80 Å². The summed E-state index contributed by atoms with van der Waals surface area (Å²) in [6.45, 7) is 0.698. The van der Waals surface area contributed by atoms with E-state index >= 15 is 0 Å². The van der Waals surface area contributed by atoms with E-state index in [4.69, 9.17) is 11.6 Å². The van der Waals surface area contributed by atoms with Gasteiger partial charge in [0.25, 0.3) is 10.0 Å². The summed E-state index contributed by atoms with van der Waals surface area (Å²) in [5.41, 5.74) is -1.43. The van der Waals surface area contributed by atoms with Crippen LogP contribution in [0.25, 0.3) is 12.2 Å². The first kappa shape index (κ1) is 33.1. The molecule has 2 aliphatic rings. The van der Waals surface area contributed by atoms with Crippen molar-refractivity contribution in [1.29, 1.82) is 0 Å². The Morgan fingerprint density at radius 2 is 1.64 bits per heavy atom. The number of hydrogen-bond acceptors (Lipinski definition) is 6. The quantitative estimate of drug-likeness (QED) is 0.251. The molecule has 242 valence electrons. The van der Waals surface area contributed by atoms with Crippen molar-refractivity contribution in [2.75, 3.05) is 48.5 Å². The summed E-state index contributed by atoms with van der Waals surface area (Å²) in [5.74, 6) is 0. The highest BCUT2D eigenvalue weighted by Crippen LogP contribution is 2.42. The molecule has 2 N–H and O–H groups in total. The van der Waals surface area contributed by atoms with Crippen molar-refractivity contribution in [2.24, 2.45) is 0 Å². The first-order valence-electron chi connectivity index (χ1n) is 13.8. The molecule has 0 bridgehead atoms. The van der Waals surface area contributed by atoms with Crippen LogP contribution in [-0.4, -0.2) is 75.0 Å². The SMILES string of the molecule is O=S(=O)(c1cccc(C(F)(F)F)c1)N1C[C@@H]2CN(C[C@@H](O)CO)CCN2c2ccc(/C=C/c3c(Cl)cccc3C(F)(F)F)cc21. The maximum atomic E-state index is 14.0. The molecule has 2 atom stereocenters. The van der Waals surface area contributed by atoms with Gasteiger partial charge in [0.1, 0.15) is 0 Å². The maximum Gasteiger partial charge on any atom is 0.417 e. The summed E-state index contributed by atoms with van der Waals surface area (Å²) >= 11 is 6.08. The molecular formula is C30H28ClF6N3O4S. The molecular weight excluding hydrogens is 648 g/mol. The molecule has 2 aliphatic heterocycles. The lowest BCUT2D eigenvalue weighted by molar-refractivity contribution is -0.138. The highest BCUT2D eigenvalue weighted by Gasteiger charge is 2.41. The van der Waals surface area contributed by atoms with Gasteiger partial charge in [0.05, 0.1) is 52.7 Å². The van der Waals surface area contributed by atoms with Crippen LogP contribution < -0.4 is 9.21 Å². The number of alkyl halides is 6. The average Bonchev–Trinajstić information content (AvgIpc) is 2.98. The molecule has 0 radical (unpaired) electrons. The van der Waals surface area contributed by atoms with E-state index < -0.39 is 57.2 Å². The van der Waals surface area contributed by atoms with Crippen LogP contribution in [0, 0.1) is 0 Å². The number of rotatable bonds is 7. The van der Waals surface area contributed by atoms with Gasteiger partial charge in [-0.15, -0.1) is 0 Å². The Balaban J connectivity index is 1.58. The van der Waals surface area contributed by atoms with E-state index in [-0.39, 0.29) is 29.4 Å². The van der Waals surface area contributed by atoms with Crippen LogP contribution in [0.4, 0.5) is 37.7 Å². The van der Waals surface area contributed by atoms with Gasteiger partial charge in [-0.25, -0.2) is 8.42 Å². The third kappa shape index (κ3) is 6.94. The second kappa shape index (κ2) is 12.5. The van der Waals surface area contributed by atoms with E-state index in [1.165, 1.54) is 30.4 Å². The molecule has 1 fully saturated rings. The van der Waals surface area contributed by atoms with Crippen molar-refractivity contribution in [3.05, 3.63) is 87.9 Å². The Morgan fingerprint density at radius 1 is 0.911 bits per heavy atom. The predicted octanol–water partition coefficient (Wildman–Crippen LogP) is 5.60. The fourth-order valence-corrected chi connectivity index (χ4v) is 7.40. The van der Waals surface area contributed by atoms with Crippen molar-refractivity contribution in [1.82, 2.24) is 4.90 Å². The molecule has 3 aromatic rings. The maximum absolute atomic E-state index is 14.0. The predicted molar refractivity (Wildman–Crippen MR) is 158 cm³/mol. The molecule has 0 unspecified atom stereocenters. The Hall–Kier alpha value is -3.30. The zero-order valence-electron chi connectivity index (χ0n) is 23.4. The Morgan fingerprint density at radius 3 is 2.33 bits per heavy atom. The highest BCUT2D eigenvalue weighted by molar-refractivity contribution is 7.92. The summed E-state index contributed by atoms with van der Waals surface area (Å²) in [4.78, 5) is 3.24. The molecule has 0 amide bonds. The number of piperazine rings is 1. The minimum absolute atomic E-state index is 0.139. The van der Waals surface area contributed by atoms with Gasteiger partial charge in [-0.2, -0.15) is 26.3 Å². The van der Waals surface area contributed by atoms with Crippen LogP contribution in [0.3, 0.4) is 0 Å². The largest absolute Gasteiger partial charge is 0.417 e. The minimum Gasteiger partial charge on any atom is -0.394 e. The molecule has 0 aliphatic carbocycles. The van der Waals surface area contributed by atoms with Crippen molar-refractivity contribution in [3.63, 3.8) is 0 Å². The van der Waals surface area contributed by atoms with Crippen molar-refractivity contribution in [2.45, 2.75) is 29.4 Å². The van der Waals surface area contributed by atoms with Gasteiger partial charge in [0.2, 0.25) is 0 Å². The Bertz CT molecular complexity index is 1700. The fourth-order valence-electron chi connectivity index (χ4n) is 5.61. The van der Waals surface area contributed by atoms with E-state index in [9.17, 15) is 45.0 Å². The first-order chi connectivity index (χ1) is 21.1. The second-order valence-electron chi connectivity index (χ2n) is 10.8. The van der Waals surface area contributed by atoms with Crippen LogP contribution >= 0.6 is 11.6 Å². The summed E-state index contributed by atoms with van der Waals surface area (Å²) in [6, 6.07) is 11.0. The highest BCUT2D eigenvalue weighted by atomic mass is 35.5. The Labute approximate surface area is 260 Å². The molecule has 2 heterocycles. The molecule has 0 spiro atoms. The number of sulfonamides is 1. The average molecular weight is 676 g/mol. The third-order valence-electron chi connectivity index (χ3n) is 7.75. The molecule has 0 saturated carbocycles. The lowest BCUT2D eigenvalue weighted by Gasteiger charge is -2.49. The van der Waals surface area contributed by atoms with Gasteiger partial charge in [0, 0.05) is 36.8 Å². The number of nitrogens with zero attached hydrogens (tertiary/aromatic N) is 3. The number of hydrogen-bond donors (Lipinski definition) is 2. The molecule has 15 heteroatoms. The van der Waals surface area contributed by atoms with E-state index in [0.717, 1.165) is 28.6 Å². The van der Waals surface area contributed by atoms with Gasteiger partial charge >= 0.3 is 12.4 Å². The van der Waals surface area contributed by atoms with Crippen molar-refractivity contribution >= 4 is 45.2 Å². The lowest BCUT2D eigenvalue weighted by atomic mass is 10.0. The molecule has 3 aromatic carbocycles. The number of aliphatic hydroxyl groups is 2. The normalized spacial score (nSPS) is 18.6. The van der Waals surface area contributed by atoms with E-state index in [2.05, 4.69) is 0 Å². The van der Waals surface area contributed by atoms with Crippen LogP contribution in [0.5, 0.6) is 0 Å². The van der Waals surface area contributed by atoms with Gasteiger partial charge in [-0.05, 0) is 48.0 Å². The molecule has 45 heavy (non-hydrogen) atoms. The van der Waals surface area contributed by atoms with Crippen LogP contribution in [-0.2, 0) is 22.4 Å². The van der Waals surface area contributed by atoms with Crippen molar-refractivity contribution < 1.29 is 45.0 Å². The zero-order chi connectivity index (χ0) is 32.7. The van der Waals surface area contributed by atoms with Gasteiger partial charge in [0.15, 0.2) is 0 Å². The van der Waals surface area contributed by atoms with Crippen LogP contribution in [0.2, 0.25) is 5.02 Å². The van der Waals surface area contributed by atoms with E-state index in [0.29, 0.717) is 37.0 Å². The number of fused-ring (bicyclic) bond motifs is 3. The standard InChI is InChI=1S/C30H28ClF6N3O4S/c31-26-6-2-5-25(30(35,36)37)24(26)9-7-19-8-10-27-28(13-19)40(16-21-15-38(11-12-39(21)27)17-22(42)18-41)45(43,44)23-4-1-3-20(14-23)29(32,33)34/h1-10,13-14,21-22,41-42H,11-12,15-18H2/b9-7+/t21-,22+/m0/s1. The smallest absolute Gasteiger partial charge is 0.394 e. The Kier molecular flexibility index (Phi) is 9.17. The monoisotopic (exact) mass is 675 g/mol. The summed E-state index contributed by atoms with van der Waals surface area (Å²) in [7, 11) is -4.57. The molecule has 1 saturated heterocycles. The summed E-state index contributed by atoms with van der Waals surface area (Å²) in [5, 5.41) is 19.1. The second-order valence-corrected chi connectivity index (χ2v) is 13.1. The van der Waals surface area contributed by atoms with E-state index in [1.54, 1.807) is 12.1 Å². The zero-order valence-corrected chi connectivity index (χ0v) is 25.0. The van der Waals surface area contributed by atoms with Gasteiger partial charge < -0.3 is 15.1 Å². The number of anilines is 2. The van der Waals surface area contributed by atoms with Crippen LogP contribution in [0.1, 0.15) is 22.3 Å². The molecule has 0 aromatic heterocycles. The topological polar surface area (TPSA) is 84.3 Å². The first-order valence-corrected chi connectivity index (χ1v) is 15.6. The third-order valence-corrected chi connectivity index (χ3v) is 9.86. The summed E-state index contributed by atoms with van der Waals surface area (Å²) < 4.78 is 110. The summed E-state index contributed by atoms with van der Waals surface area (Å²) in [6.07, 6.45) is -7.95. The lowest BCUT2D eigenvalue weighted by Crippen LogP contribution is -2.61. The van der Waals surface area contributed by atoms with Gasteiger partial charge in [-0.1, -0.05) is 42.0 Å². The van der Waals surface area contributed by atoms with Gasteiger partial charge in [-0.3, -0.25) is 9.21 Å².